The quantitative estimate of drug-likeness (QED) is 0.893. The molecule has 6 heteroatoms. The normalized spacial score (nSPS) is 12.9. The first-order valence-corrected chi connectivity index (χ1v) is 6.65. The number of hydrogen-bond donors (Lipinski definition) is 2. The van der Waals surface area contributed by atoms with Gasteiger partial charge < -0.3 is 15.8 Å². The largest absolute Gasteiger partial charge is 0.444 e. The van der Waals surface area contributed by atoms with Gasteiger partial charge in [0.05, 0.1) is 0 Å². The van der Waals surface area contributed by atoms with Crippen LogP contribution in [0, 0.1) is 5.82 Å². The fourth-order valence-corrected chi connectivity index (χ4v) is 1.90. The van der Waals surface area contributed by atoms with Crippen LogP contribution < -0.4 is 11.1 Å². The minimum Gasteiger partial charge on any atom is -0.444 e. The molecular formula is C13H18BrFN2O2. The first-order valence-electron chi connectivity index (χ1n) is 5.86. The molecule has 0 spiro atoms. The highest BCUT2D eigenvalue weighted by atomic mass is 79.9. The molecule has 0 aliphatic heterocycles. The Balaban J connectivity index is 2.56. The Bertz CT molecular complexity index is 440. The Morgan fingerprint density at radius 3 is 2.63 bits per heavy atom. The van der Waals surface area contributed by atoms with E-state index in [1.807, 2.05) is 0 Å². The number of nitrogens with two attached hydrogens (primary N) is 1. The molecule has 0 radical (unpaired) electrons. The summed E-state index contributed by atoms with van der Waals surface area (Å²) in [5.41, 5.74) is 5.93. The molecule has 0 aliphatic rings. The van der Waals surface area contributed by atoms with Gasteiger partial charge in [0.25, 0.3) is 0 Å². The van der Waals surface area contributed by atoms with Gasteiger partial charge in [0, 0.05) is 17.1 Å². The van der Waals surface area contributed by atoms with Crippen molar-refractivity contribution in [3.8, 4) is 0 Å². The van der Waals surface area contributed by atoms with Crippen molar-refractivity contribution in [1.29, 1.82) is 0 Å². The van der Waals surface area contributed by atoms with Crippen LogP contribution in [-0.4, -0.2) is 18.2 Å². The summed E-state index contributed by atoms with van der Waals surface area (Å²) in [7, 11) is 0. The Morgan fingerprint density at radius 2 is 2.11 bits per heavy atom. The first kappa shape index (κ1) is 15.9. The standard InChI is InChI=1S/C13H18BrFN2O2/c1-13(2,3)19-12(18)17-7-11(16)8-4-9(14)6-10(15)5-8/h4-6,11H,7,16H2,1-3H3,(H,17,18)/t11-/m0/s1. The lowest BCUT2D eigenvalue weighted by Gasteiger charge is -2.21. The van der Waals surface area contributed by atoms with Gasteiger partial charge in [0.15, 0.2) is 0 Å². The van der Waals surface area contributed by atoms with Crippen LogP contribution in [0.25, 0.3) is 0 Å². The van der Waals surface area contributed by atoms with E-state index in [1.54, 1.807) is 26.8 Å². The van der Waals surface area contributed by atoms with Gasteiger partial charge in [0.1, 0.15) is 11.4 Å². The van der Waals surface area contributed by atoms with E-state index < -0.39 is 17.7 Å². The molecule has 0 saturated heterocycles. The van der Waals surface area contributed by atoms with Crippen LogP contribution in [0.4, 0.5) is 9.18 Å². The average molecular weight is 333 g/mol. The van der Waals surface area contributed by atoms with Crippen molar-refractivity contribution in [1.82, 2.24) is 5.32 Å². The van der Waals surface area contributed by atoms with Crippen molar-refractivity contribution < 1.29 is 13.9 Å². The number of rotatable bonds is 3. The third kappa shape index (κ3) is 6.02. The summed E-state index contributed by atoms with van der Waals surface area (Å²) in [4.78, 5) is 11.5. The Morgan fingerprint density at radius 1 is 1.47 bits per heavy atom. The smallest absolute Gasteiger partial charge is 0.407 e. The van der Waals surface area contributed by atoms with Gasteiger partial charge in [-0.3, -0.25) is 0 Å². The van der Waals surface area contributed by atoms with Crippen LogP contribution in [0.1, 0.15) is 32.4 Å². The van der Waals surface area contributed by atoms with E-state index in [9.17, 15) is 9.18 Å². The van der Waals surface area contributed by atoms with Crippen LogP contribution in [0.2, 0.25) is 0 Å². The lowest BCUT2D eigenvalue weighted by atomic mass is 10.1. The molecular weight excluding hydrogens is 315 g/mol. The van der Waals surface area contributed by atoms with Crippen LogP contribution in [0.5, 0.6) is 0 Å². The van der Waals surface area contributed by atoms with E-state index in [-0.39, 0.29) is 12.4 Å². The second-order valence-electron chi connectivity index (χ2n) is 5.19. The second kappa shape index (κ2) is 6.34. The van der Waals surface area contributed by atoms with E-state index in [4.69, 9.17) is 10.5 Å². The van der Waals surface area contributed by atoms with Crippen LogP contribution in [0.3, 0.4) is 0 Å². The summed E-state index contributed by atoms with van der Waals surface area (Å²) in [6.07, 6.45) is -0.543. The zero-order chi connectivity index (χ0) is 14.6. The molecule has 106 valence electrons. The average Bonchev–Trinajstić information content (AvgIpc) is 2.22. The zero-order valence-electron chi connectivity index (χ0n) is 11.2. The van der Waals surface area contributed by atoms with Gasteiger partial charge in [0.2, 0.25) is 0 Å². The van der Waals surface area contributed by atoms with Gasteiger partial charge in [-0.1, -0.05) is 15.9 Å². The molecule has 1 aromatic carbocycles. The lowest BCUT2D eigenvalue weighted by molar-refractivity contribution is 0.0524. The van der Waals surface area contributed by atoms with Crippen molar-refractivity contribution in [3.63, 3.8) is 0 Å². The predicted octanol–water partition coefficient (Wildman–Crippen LogP) is 3.11. The third-order valence-electron chi connectivity index (χ3n) is 2.18. The topological polar surface area (TPSA) is 64.3 Å². The summed E-state index contributed by atoms with van der Waals surface area (Å²) < 4.78 is 18.9. The van der Waals surface area contributed by atoms with Crippen molar-refractivity contribution in [2.24, 2.45) is 5.73 Å². The van der Waals surface area contributed by atoms with E-state index in [2.05, 4.69) is 21.2 Å². The van der Waals surface area contributed by atoms with Gasteiger partial charge in [-0.2, -0.15) is 0 Å². The molecule has 0 aromatic heterocycles. The highest BCUT2D eigenvalue weighted by Gasteiger charge is 2.17. The lowest BCUT2D eigenvalue weighted by Crippen LogP contribution is -2.36. The summed E-state index contributed by atoms with van der Waals surface area (Å²) in [6.45, 7) is 5.49. The number of hydrogen-bond acceptors (Lipinski definition) is 3. The van der Waals surface area contributed by atoms with Crippen LogP contribution >= 0.6 is 15.9 Å². The molecule has 0 bridgehead atoms. The number of benzene rings is 1. The molecule has 19 heavy (non-hydrogen) atoms. The van der Waals surface area contributed by atoms with Crippen molar-refractivity contribution in [2.45, 2.75) is 32.4 Å². The third-order valence-corrected chi connectivity index (χ3v) is 2.64. The SMILES string of the molecule is CC(C)(C)OC(=O)NC[C@H](N)c1cc(F)cc(Br)c1. The second-order valence-corrected chi connectivity index (χ2v) is 6.11. The minimum atomic E-state index is -0.559. The fraction of sp³-hybridized carbons (Fsp3) is 0.462. The number of carbonyl (C=O) groups excluding carboxylic acids is 1. The predicted molar refractivity (Wildman–Crippen MR) is 75.3 cm³/mol. The molecule has 1 amide bonds. The maximum Gasteiger partial charge on any atom is 0.407 e. The van der Waals surface area contributed by atoms with Crippen molar-refractivity contribution in [2.75, 3.05) is 6.54 Å². The molecule has 3 N–H and O–H groups in total. The highest BCUT2D eigenvalue weighted by Crippen LogP contribution is 2.19. The van der Waals surface area contributed by atoms with Gasteiger partial charge in [-0.25, -0.2) is 9.18 Å². The van der Waals surface area contributed by atoms with E-state index in [0.29, 0.717) is 10.0 Å². The van der Waals surface area contributed by atoms with E-state index in [1.165, 1.54) is 12.1 Å². The number of amides is 1. The zero-order valence-corrected chi connectivity index (χ0v) is 12.8. The first-order chi connectivity index (χ1) is 8.67. The van der Waals surface area contributed by atoms with Gasteiger partial charge in [-0.15, -0.1) is 0 Å². The molecule has 4 nitrogen and oxygen atoms in total. The minimum absolute atomic E-state index is 0.171. The number of ether oxygens (including phenoxy) is 1. The summed E-state index contributed by atoms with van der Waals surface area (Å²) in [5.74, 6) is -0.378. The number of halogens is 2. The fourth-order valence-electron chi connectivity index (χ4n) is 1.41. The molecule has 0 aliphatic carbocycles. The number of nitrogens with one attached hydrogen (secondary N) is 1. The summed E-state index contributed by atoms with van der Waals surface area (Å²) >= 11 is 3.19. The number of alkyl carbamates (subject to hydrolysis) is 1. The van der Waals surface area contributed by atoms with Gasteiger partial charge >= 0.3 is 6.09 Å². The summed E-state index contributed by atoms with van der Waals surface area (Å²) in [6, 6.07) is 3.90. The Hall–Kier alpha value is -1.14. The van der Waals surface area contributed by atoms with E-state index >= 15 is 0 Å². The molecule has 1 aromatic rings. The van der Waals surface area contributed by atoms with E-state index in [0.717, 1.165) is 0 Å². The Kier molecular flexibility index (Phi) is 5.31. The maximum absolute atomic E-state index is 13.2. The van der Waals surface area contributed by atoms with Crippen LogP contribution in [-0.2, 0) is 4.74 Å². The highest BCUT2D eigenvalue weighted by molar-refractivity contribution is 9.10. The van der Waals surface area contributed by atoms with Crippen LogP contribution in [0.15, 0.2) is 22.7 Å². The van der Waals surface area contributed by atoms with Gasteiger partial charge in [-0.05, 0) is 44.5 Å². The molecule has 0 saturated carbocycles. The monoisotopic (exact) mass is 332 g/mol. The summed E-state index contributed by atoms with van der Waals surface area (Å²) in [5, 5.41) is 2.55. The number of carbonyl (C=O) groups is 1. The molecule has 0 fully saturated rings. The molecule has 0 unspecified atom stereocenters. The molecule has 0 heterocycles. The Labute approximate surface area is 120 Å². The maximum atomic E-state index is 13.2. The van der Waals surface area contributed by atoms with Crippen molar-refractivity contribution in [3.05, 3.63) is 34.1 Å². The molecule has 1 rings (SSSR count). The molecule has 1 atom stereocenters. The van der Waals surface area contributed by atoms with Crippen molar-refractivity contribution >= 4 is 22.0 Å².